The first-order valence-electron chi connectivity index (χ1n) is 10.1. The van der Waals surface area contributed by atoms with E-state index in [-0.39, 0.29) is 26.4 Å². The van der Waals surface area contributed by atoms with Crippen LogP contribution in [0.25, 0.3) is 0 Å². The monoisotopic (exact) mass is 420 g/mol. The lowest BCUT2D eigenvalue weighted by Gasteiger charge is -2.03. The van der Waals surface area contributed by atoms with E-state index in [0.717, 1.165) is 11.1 Å². The van der Waals surface area contributed by atoms with Crippen LogP contribution in [-0.4, -0.2) is 25.1 Å². The molecule has 2 aromatic carbocycles. The molecule has 0 spiro atoms. The van der Waals surface area contributed by atoms with Gasteiger partial charge in [0.15, 0.2) is 0 Å². The zero-order chi connectivity index (χ0) is 21.2. The van der Waals surface area contributed by atoms with Crippen molar-refractivity contribution >= 4 is 0 Å². The first kappa shape index (κ1) is 21.1. The third-order valence-corrected chi connectivity index (χ3v) is 5.87. The second-order valence-electron chi connectivity index (χ2n) is 8.00. The molecule has 2 aliphatic rings. The molecule has 0 bridgehead atoms. The predicted molar refractivity (Wildman–Crippen MR) is 105 cm³/mol. The SMILES string of the molecule is FC1(F)[C@H](/C=C/[C@@H]2[C@@H](COCc3ccccc3)C2(F)F)[C@H]1COCc1ccccc1. The van der Waals surface area contributed by atoms with Crippen LogP contribution in [0.2, 0.25) is 0 Å². The molecule has 0 radical (unpaired) electrons. The highest BCUT2D eigenvalue weighted by Gasteiger charge is 2.69. The smallest absolute Gasteiger partial charge is 0.260 e. The van der Waals surface area contributed by atoms with Gasteiger partial charge in [-0.2, -0.15) is 0 Å². The Kier molecular flexibility index (Phi) is 5.98. The third-order valence-electron chi connectivity index (χ3n) is 5.87. The lowest BCUT2D eigenvalue weighted by Crippen LogP contribution is -2.03. The van der Waals surface area contributed by atoms with Crippen molar-refractivity contribution in [3.63, 3.8) is 0 Å². The van der Waals surface area contributed by atoms with Crippen molar-refractivity contribution in [1.29, 1.82) is 0 Å². The Hall–Kier alpha value is -2.18. The van der Waals surface area contributed by atoms with Gasteiger partial charge in [0, 0.05) is 0 Å². The minimum Gasteiger partial charge on any atom is -0.376 e. The number of rotatable bonds is 10. The molecule has 30 heavy (non-hydrogen) atoms. The van der Waals surface area contributed by atoms with Crippen molar-refractivity contribution in [3.8, 4) is 0 Å². The second kappa shape index (κ2) is 8.52. The maximum absolute atomic E-state index is 14.0. The lowest BCUT2D eigenvalue weighted by atomic mass is 10.2. The molecule has 2 nitrogen and oxygen atoms in total. The summed E-state index contributed by atoms with van der Waals surface area (Å²) >= 11 is 0. The van der Waals surface area contributed by atoms with Crippen molar-refractivity contribution in [2.75, 3.05) is 13.2 Å². The van der Waals surface area contributed by atoms with Crippen LogP contribution < -0.4 is 0 Å². The van der Waals surface area contributed by atoms with E-state index in [0.29, 0.717) is 0 Å². The molecular weight excluding hydrogens is 396 g/mol. The molecule has 0 amide bonds. The fourth-order valence-electron chi connectivity index (χ4n) is 3.78. The van der Waals surface area contributed by atoms with Gasteiger partial charge in [-0.15, -0.1) is 0 Å². The average molecular weight is 420 g/mol. The first-order valence-corrected chi connectivity index (χ1v) is 10.1. The molecule has 0 heterocycles. The van der Waals surface area contributed by atoms with Gasteiger partial charge < -0.3 is 9.47 Å². The molecule has 0 aromatic heterocycles. The van der Waals surface area contributed by atoms with Crippen molar-refractivity contribution in [3.05, 3.63) is 83.9 Å². The average Bonchev–Trinajstić information content (AvgIpc) is 3.48. The largest absolute Gasteiger partial charge is 0.376 e. The highest BCUT2D eigenvalue weighted by molar-refractivity contribution is 5.22. The molecule has 0 saturated heterocycles. The van der Waals surface area contributed by atoms with Crippen LogP contribution in [0.15, 0.2) is 72.8 Å². The lowest BCUT2D eigenvalue weighted by molar-refractivity contribution is 0.0464. The normalized spacial score (nSPS) is 28.5. The van der Waals surface area contributed by atoms with Gasteiger partial charge in [0.2, 0.25) is 0 Å². The summed E-state index contributed by atoms with van der Waals surface area (Å²) < 4.78 is 66.8. The van der Waals surface area contributed by atoms with Crippen molar-refractivity contribution in [1.82, 2.24) is 0 Å². The molecular formula is C24H24F4O2. The van der Waals surface area contributed by atoms with Gasteiger partial charge in [-0.1, -0.05) is 72.8 Å². The molecule has 2 saturated carbocycles. The van der Waals surface area contributed by atoms with E-state index in [1.54, 1.807) is 0 Å². The fraction of sp³-hybridized carbons (Fsp3) is 0.417. The zero-order valence-corrected chi connectivity index (χ0v) is 16.4. The van der Waals surface area contributed by atoms with Gasteiger partial charge >= 0.3 is 0 Å². The molecule has 0 N–H and O–H groups in total. The van der Waals surface area contributed by atoms with Gasteiger partial charge in [0.1, 0.15) is 0 Å². The number of benzene rings is 2. The summed E-state index contributed by atoms with van der Waals surface area (Å²) in [6, 6.07) is 18.6. The van der Waals surface area contributed by atoms with Gasteiger partial charge in [0.05, 0.1) is 50.1 Å². The molecule has 4 rings (SSSR count). The van der Waals surface area contributed by atoms with Crippen LogP contribution in [0.1, 0.15) is 11.1 Å². The molecule has 0 unspecified atom stereocenters. The van der Waals surface area contributed by atoms with Crippen LogP contribution in [0.4, 0.5) is 17.6 Å². The Morgan fingerprint density at radius 2 is 1.00 bits per heavy atom. The van der Waals surface area contributed by atoms with E-state index in [9.17, 15) is 17.6 Å². The quantitative estimate of drug-likeness (QED) is 0.361. The molecule has 160 valence electrons. The third kappa shape index (κ3) is 4.60. The summed E-state index contributed by atoms with van der Waals surface area (Å²) in [4.78, 5) is 0. The predicted octanol–water partition coefficient (Wildman–Crippen LogP) is 5.74. The molecule has 0 aliphatic heterocycles. The molecule has 2 aromatic rings. The maximum Gasteiger partial charge on any atom is 0.260 e. The Morgan fingerprint density at radius 3 is 1.37 bits per heavy atom. The highest BCUT2D eigenvalue weighted by Crippen LogP contribution is 2.59. The van der Waals surface area contributed by atoms with E-state index in [4.69, 9.17) is 9.47 Å². The van der Waals surface area contributed by atoms with Gasteiger partial charge in [0.25, 0.3) is 11.8 Å². The summed E-state index contributed by atoms with van der Waals surface area (Å²) in [7, 11) is 0. The zero-order valence-electron chi connectivity index (χ0n) is 16.4. The number of allylic oxidation sites excluding steroid dienone is 2. The number of hydrogen-bond donors (Lipinski definition) is 0. The Bertz CT molecular complexity index is 783. The minimum atomic E-state index is -2.91. The molecule has 2 fully saturated rings. The van der Waals surface area contributed by atoms with Gasteiger partial charge in [-0.25, -0.2) is 17.6 Å². The summed E-state index contributed by atoms with van der Waals surface area (Å²) in [5.74, 6) is -9.82. The summed E-state index contributed by atoms with van der Waals surface area (Å²) in [6.07, 6.45) is 2.48. The topological polar surface area (TPSA) is 18.5 Å². The number of alkyl halides is 4. The van der Waals surface area contributed by atoms with Crippen molar-refractivity contribution in [2.45, 2.75) is 25.1 Å². The van der Waals surface area contributed by atoms with E-state index in [1.165, 1.54) is 12.2 Å². The Morgan fingerprint density at radius 1 is 0.633 bits per heavy atom. The number of ether oxygens (including phenoxy) is 2. The van der Waals surface area contributed by atoms with Crippen LogP contribution in [0, 0.1) is 23.7 Å². The standard InChI is InChI=1S/C24H24F4O2/c25-23(26)19(21(23)15-29-13-17-7-3-1-4-8-17)11-12-20-22(24(20,27)28)16-30-14-18-9-5-2-6-10-18/h1-12,19-22H,13-16H2/b12-11+/t19-,20-,21-,22-/m1/s1. The van der Waals surface area contributed by atoms with E-state index in [1.807, 2.05) is 60.7 Å². The molecule has 2 aliphatic carbocycles. The highest BCUT2D eigenvalue weighted by atomic mass is 19.3. The van der Waals surface area contributed by atoms with E-state index < -0.39 is 35.5 Å². The second-order valence-corrected chi connectivity index (χ2v) is 8.00. The minimum absolute atomic E-state index is 0.0957. The maximum atomic E-state index is 14.0. The number of hydrogen-bond acceptors (Lipinski definition) is 2. The first-order chi connectivity index (χ1) is 14.4. The Labute approximate surface area is 173 Å². The van der Waals surface area contributed by atoms with E-state index in [2.05, 4.69) is 0 Å². The summed E-state index contributed by atoms with van der Waals surface area (Å²) in [6.45, 7) is 0.319. The van der Waals surface area contributed by atoms with Gasteiger partial charge in [-0.05, 0) is 11.1 Å². The molecule has 6 heteroatoms. The Balaban J connectivity index is 1.22. The summed E-state index contributed by atoms with van der Waals surface area (Å²) in [5, 5.41) is 0. The van der Waals surface area contributed by atoms with Crippen LogP contribution >= 0.6 is 0 Å². The van der Waals surface area contributed by atoms with Crippen molar-refractivity contribution < 1.29 is 27.0 Å². The fourth-order valence-corrected chi connectivity index (χ4v) is 3.78. The van der Waals surface area contributed by atoms with E-state index >= 15 is 0 Å². The van der Waals surface area contributed by atoms with Crippen LogP contribution in [0.5, 0.6) is 0 Å². The van der Waals surface area contributed by atoms with Crippen molar-refractivity contribution in [2.24, 2.45) is 23.7 Å². The summed E-state index contributed by atoms with van der Waals surface area (Å²) in [5.41, 5.74) is 1.81. The van der Waals surface area contributed by atoms with Gasteiger partial charge in [-0.3, -0.25) is 0 Å². The van der Waals surface area contributed by atoms with Crippen LogP contribution in [-0.2, 0) is 22.7 Å². The number of halogens is 4. The van der Waals surface area contributed by atoms with Crippen LogP contribution in [0.3, 0.4) is 0 Å². The molecule has 4 atom stereocenters.